The van der Waals surface area contributed by atoms with Gasteiger partial charge < -0.3 is 15.4 Å². The molecule has 0 atom stereocenters. The van der Waals surface area contributed by atoms with Crippen LogP contribution in [0.4, 0.5) is 16.3 Å². The Bertz CT molecular complexity index is 663. The molecule has 1 aromatic carbocycles. The van der Waals surface area contributed by atoms with Crippen molar-refractivity contribution in [1.29, 1.82) is 0 Å². The van der Waals surface area contributed by atoms with Crippen LogP contribution in [-0.4, -0.2) is 28.0 Å². The summed E-state index contributed by atoms with van der Waals surface area (Å²) in [5.74, 6) is 0.657. The van der Waals surface area contributed by atoms with E-state index in [0.29, 0.717) is 16.2 Å². The molecule has 1 fully saturated rings. The molecule has 2 N–H and O–H groups in total. The highest BCUT2D eigenvalue weighted by Gasteiger charge is 2.17. The first-order chi connectivity index (χ1) is 10.1. The van der Waals surface area contributed by atoms with E-state index in [9.17, 15) is 4.39 Å². The molecule has 2 aromatic rings. The Labute approximate surface area is 129 Å². The van der Waals surface area contributed by atoms with Crippen LogP contribution in [0.2, 0.25) is 0 Å². The lowest BCUT2D eigenvalue weighted by molar-refractivity contribution is 0.436. The molecule has 6 nitrogen and oxygen atoms in total. The van der Waals surface area contributed by atoms with Gasteiger partial charge >= 0.3 is 6.01 Å². The van der Waals surface area contributed by atoms with Crippen LogP contribution in [0.1, 0.15) is 12.8 Å². The van der Waals surface area contributed by atoms with Gasteiger partial charge in [0.2, 0.25) is 11.9 Å². The summed E-state index contributed by atoms with van der Waals surface area (Å²) in [6.07, 6.45) is 2.20. The molecule has 0 saturated carbocycles. The van der Waals surface area contributed by atoms with Gasteiger partial charge in [0.15, 0.2) is 0 Å². The van der Waals surface area contributed by atoms with E-state index in [1.54, 1.807) is 0 Å². The lowest BCUT2D eigenvalue weighted by Crippen LogP contribution is -2.21. The van der Waals surface area contributed by atoms with Gasteiger partial charge in [0.25, 0.3) is 0 Å². The van der Waals surface area contributed by atoms with Gasteiger partial charge in [0.1, 0.15) is 11.6 Å². The lowest BCUT2D eigenvalue weighted by atomic mass is 10.3. The molecule has 2 heterocycles. The third kappa shape index (κ3) is 3.21. The minimum Gasteiger partial charge on any atom is -0.423 e. The Kier molecular flexibility index (Phi) is 3.87. The number of halogens is 2. The lowest BCUT2D eigenvalue weighted by Gasteiger charge is -2.15. The Morgan fingerprint density at radius 1 is 1.19 bits per heavy atom. The number of hydrogen-bond acceptors (Lipinski definition) is 6. The Morgan fingerprint density at radius 2 is 1.95 bits per heavy atom. The molecule has 0 radical (unpaired) electrons. The second-order valence-corrected chi connectivity index (χ2v) is 5.50. The molecule has 0 unspecified atom stereocenters. The van der Waals surface area contributed by atoms with Gasteiger partial charge in [-0.25, -0.2) is 4.39 Å². The van der Waals surface area contributed by atoms with Gasteiger partial charge in [-0.3, -0.25) is 0 Å². The van der Waals surface area contributed by atoms with Crippen molar-refractivity contribution >= 4 is 27.8 Å². The Morgan fingerprint density at radius 3 is 2.67 bits per heavy atom. The highest BCUT2D eigenvalue weighted by Crippen LogP contribution is 2.29. The van der Waals surface area contributed by atoms with Crippen molar-refractivity contribution in [1.82, 2.24) is 15.0 Å². The number of nitrogen functional groups attached to an aromatic ring is 1. The fourth-order valence-electron chi connectivity index (χ4n) is 2.12. The second kappa shape index (κ2) is 5.80. The first-order valence-electron chi connectivity index (χ1n) is 6.51. The standard InChI is InChI=1S/C13H13BrFN5O/c14-9-7-8(15)3-4-10(9)21-13-18-11(16)17-12(19-13)20-5-1-2-6-20/h3-4,7H,1-2,5-6H2,(H2,16,17,18,19). The summed E-state index contributed by atoms with van der Waals surface area (Å²) < 4.78 is 19.1. The maximum Gasteiger partial charge on any atom is 0.328 e. The van der Waals surface area contributed by atoms with Crippen LogP contribution >= 0.6 is 15.9 Å². The van der Waals surface area contributed by atoms with Gasteiger partial charge in [-0.15, -0.1) is 0 Å². The van der Waals surface area contributed by atoms with Gasteiger partial charge in [-0.1, -0.05) is 0 Å². The monoisotopic (exact) mass is 353 g/mol. The van der Waals surface area contributed by atoms with Gasteiger partial charge in [0.05, 0.1) is 4.47 Å². The summed E-state index contributed by atoms with van der Waals surface area (Å²) in [5.41, 5.74) is 5.70. The smallest absolute Gasteiger partial charge is 0.328 e. The third-order valence-corrected chi connectivity index (χ3v) is 3.72. The molecule has 1 saturated heterocycles. The van der Waals surface area contributed by atoms with Crippen LogP contribution in [0.5, 0.6) is 11.8 Å². The predicted molar refractivity (Wildman–Crippen MR) is 79.9 cm³/mol. The normalized spacial score (nSPS) is 14.5. The average molecular weight is 354 g/mol. The molecule has 0 amide bonds. The van der Waals surface area contributed by atoms with E-state index in [1.165, 1.54) is 18.2 Å². The minimum atomic E-state index is -0.359. The molecule has 21 heavy (non-hydrogen) atoms. The van der Waals surface area contributed by atoms with Crippen LogP contribution < -0.4 is 15.4 Å². The molecule has 0 bridgehead atoms. The maximum atomic E-state index is 13.1. The highest BCUT2D eigenvalue weighted by atomic mass is 79.9. The molecular formula is C13H13BrFN5O. The van der Waals surface area contributed by atoms with Gasteiger partial charge in [0, 0.05) is 13.1 Å². The van der Waals surface area contributed by atoms with Crippen LogP contribution in [0.3, 0.4) is 0 Å². The van der Waals surface area contributed by atoms with Crippen molar-refractivity contribution in [2.45, 2.75) is 12.8 Å². The van der Waals surface area contributed by atoms with Crippen LogP contribution in [0, 0.1) is 5.82 Å². The van der Waals surface area contributed by atoms with Crippen molar-refractivity contribution in [2.24, 2.45) is 0 Å². The fourth-order valence-corrected chi connectivity index (χ4v) is 2.55. The third-order valence-electron chi connectivity index (χ3n) is 3.10. The topological polar surface area (TPSA) is 77.2 Å². The van der Waals surface area contributed by atoms with E-state index < -0.39 is 0 Å². The zero-order valence-corrected chi connectivity index (χ0v) is 12.7. The molecule has 0 spiro atoms. The van der Waals surface area contributed by atoms with Gasteiger partial charge in [-0.2, -0.15) is 15.0 Å². The number of rotatable bonds is 3. The predicted octanol–water partition coefficient (Wildman–Crippen LogP) is 2.75. The van der Waals surface area contributed by atoms with Crippen LogP contribution in [0.25, 0.3) is 0 Å². The first-order valence-corrected chi connectivity index (χ1v) is 7.30. The SMILES string of the molecule is Nc1nc(Oc2ccc(F)cc2Br)nc(N2CCCC2)n1. The zero-order chi connectivity index (χ0) is 14.8. The van der Waals surface area contributed by atoms with E-state index in [2.05, 4.69) is 30.9 Å². The van der Waals surface area contributed by atoms with Crippen molar-refractivity contribution in [3.05, 3.63) is 28.5 Å². The molecule has 1 aromatic heterocycles. The van der Waals surface area contributed by atoms with E-state index in [0.717, 1.165) is 25.9 Å². The van der Waals surface area contributed by atoms with Crippen LogP contribution in [-0.2, 0) is 0 Å². The molecular weight excluding hydrogens is 341 g/mol. The number of ether oxygens (including phenoxy) is 1. The van der Waals surface area contributed by atoms with Crippen molar-refractivity contribution in [3.63, 3.8) is 0 Å². The largest absolute Gasteiger partial charge is 0.423 e. The molecule has 1 aliphatic heterocycles. The average Bonchev–Trinajstić information content (AvgIpc) is 2.95. The highest BCUT2D eigenvalue weighted by molar-refractivity contribution is 9.10. The first kappa shape index (κ1) is 14.0. The number of nitrogens with zero attached hydrogens (tertiary/aromatic N) is 4. The summed E-state index contributed by atoms with van der Waals surface area (Å²) in [7, 11) is 0. The minimum absolute atomic E-state index is 0.0942. The summed E-state index contributed by atoms with van der Waals surface area (Å²) in [5, 5.41) is 0. The molecule has 1 aliphatic rings. The van der Waals surface area contributed by atoms with E-state index in [-0.39, 0.29) is 17.8 Å². The fraction of sp³-hybridized carbons (Fsp3) is 0.308. The van der Waals surface area contributed by atoms with E-state index in [4.69, 9.17) is 10.5 Å². The summed E-state index contributed by atoms with van der Waals surface area (Å²) in [6.45, 7) is 1.78. The summed E-state index contributed by atoms with van der Waals surface area (Å²) >= 11 is 3.23. The summed E-state index contributed by atoms with van der Waals surface area (Å²) in [4.78, 5) is 14.4. The number of hydrogen-bond donors (Lipinski definition) is 1. The number of benzene rings is 1. The molecule has 0 aliphatic carbocycles. The van der Waals surface area contributed by atoms with Crippen molar-refractivity contribution in [2.75, 3.05) is 23.7 Å². The molecule has 3 rings (SSSR count). The van der Waals surface area contributed by atoms with Crippen molar-refractivity contribution < 1.29 is 9.13 Å². The second-order valence-electron chi connectivity index (χ2n) is 4.65. The number of nitrogens with two attached hydrogens (primary N) is 1. The number of aromatic nitrogens is 3. The van der Waals surface area contributed by atoms with Crippen molar-refractivity contribution in [3.8, 4) is 11.8 Å². The van der Waals surface area contributed by atoms with Gasteiger partial charge in [-0.05, 0) is 47.0 Å². The Hall–Kier alpha value is -1.96. The molecule has 8 heteroatoms. The maximum absolute atomic E-state index is 13.1. The quantitative estimate of drug-likeness (QED) is 0.913. The van der Waals surface area contributed by atoms with E-state index in [1.807, 2.05) is 4.90 Å². The molecule has 110 valence electrons. The van der Waals surface area contributed by atoms with Crippen LogP contribution in [0.15, 0.2) is 22.7 Å². The number of anilines is 2. The summed E-state index contributed by atoms with van der Waals surface area (Å²) in [6, 6.07) is 4.19. The Balaban J connectivity index is 1.87. The van der Waals surface area contributed by atoms with E-state index >= 15 is 0 Å². The zero-order valence-electron chi connectivity index (χ0n) is 11.1.